The van der Waals surface area contributed by atoms with Crippen molar-refractivity contribution in [3.63, 3.8) is 0 Å². The molecular weight excluding hydrogens is 256 g/mol. The lowest BCUT2D eigenvalue weighted by molar-refractivity contribution is 0.0743. The lowest BCUT2D eigenvalue weighted by Gasteiger charge is -2.25. The Labute approximate surface area is 120 Å². The lowest BCUT2D eigenvalue weighted by atomic mass is 10.1. The first-order chi connectivity index (χ1) is 9.24. The SMILES string of the molecule is O=C(c1cccc(S)c1)N1CCCN2CCCC2C1. The summed E-state index contributed by atoms with van der Waals surface area (Å²) in [5, 5.41) is 0. The molecule has 1 aromatic rings. The summed E-state index contributed by atoms with van der Waals surface area (Å²) >= 11 is 4.32. The van der Waals surface area contributed by atoms with Gasteiger partial charge >= 0.3 is 0 Å². The first-order valence-corrected chi connectivity index (χ1v) is 7.51. The van der Waals surface area contributed by atoms with E-state index in [1.807, 2.05) is 29.2 Å². The third-order valence-electron chi connectivity index (χ3n) is 4.18. The quantitative estimate of drug-likeness (QED) is 0.796. The van der Waals surface area contributed by atoms with Crippen molar-refractivity contribution < 1.29 is 4.79 Å². The van der Waals surface area contributed by atoms with Crippen LogP contribution in [0.4, 0.5) is 0 Å². The monoisotopic (exact) mass is 276 g/mol. The molecule has 0 saturated carbocycles. The summed E-state index contributed by atoms with van der Waals surface area (Å²) in [4.78, 5) is 18.0. The number of amides is 1. The summed E-state index contributed by atoms with van der Waals surface area (Å²) in [7, 11) is 0. The van der Waals surface area contributed by atoms with Crippen LogP contribution in [0.2, 0.25) is 0 Å². The Hall–Kier alpha value is -1.00. The van der Waals surface area contributed by atoms with E-state index in [1.54, 1.807) is 0 Å². The molecule has 1 amide bonds. The van der Waals surface area contributed by atoms with E-state index in [0.717, 1.165) is 36.5 Å². The average molecular weight is 276 g/mol. The van der Waals surface area contributed by atoms with E-state index in [1.165, 1.54) is 19.4 Å². The van der Waals surface area contributed by atoms with Crippen LogP contribution in [0.3, 0.4) is 0 Å². The normalized spacial score (nSPS) is 24.1. The van der Waals surface area contributed by atoms with Gasteiger partial charge in [-0.15, -0.1) is 12.6 Å². The van der Waals surface area contributed by atoms with Crippen LogP contribution >= 0.6 is 12.6 Å². The van der Waals surface area contributed by atoms with Crippen molar-refractivity contribution in [2.75, 3.05) is 26.2 Å². The van der Waals surface area contributed by atoms with Gasteiger partial charge in [0.05, 0.1) is 0 Å². The van der Waals surface area contributed by atoms with E-state index in [2.05, 4.69) is 17.5 Å². The zero-order valence-corrected chi connectivity index (χ0v) is 12.0. The van der Waals surface area contributed by atoms with Crippen LogP contribution in [0, 0.1) is 0 Å². The van der Waals surface area contributed by atoms with Crippen molar-refractivity contribution in [3.05, 3.63) is 29.8 Å². The topological polar surface area (TPSA) is 23.6 Å². The highest BCUT2D eigenvalue weighted by molar-refractivity contribution is 7.80. The second-order valence-corrected chi connectivity index (χ2v) is 6.00. The molecular formula is C15H20N2OS. The first kappa shape index (κ1) is 13.0. The number of benzene rings is 1. The largest absolute Gasteiger partial charge is 0.337 e. The Morgan fingerprint density at radius 1 is 1.21 bits per heavy atom. The molecule has 2 aliphatic rings. The maximum atomic E-state index is 12.6. The van der Waals surface area contributed by atoms with Gasteiger partial charge in [-0.25, -0.2) is 0 Å². The molecule has 0 radical (unpaired) electrons. The minimum absolute atomic E-state index is 0.157. The van der Waals surface area contributed by atoms with Crippen LogP contribution in [0.1, 0.15) is 29.6 Å². The number of hydrogen-bond acceptors (Lipinski definition) is 3. The number of nitrogens with zero attached hydrogens (tertiary/aromatic N) is 2. The summed E-state index contributed by atoms with van der Waals surface area (Å²) in [6, 6.07) is 8.13. The highest BCUT2D eigenvalue weighted by atomic mass is 32.1. The van der Waals surface area contributed by atoms with Crippen molar-refractivity contribution in [3.8, 4) is 0 Å². The molecule has 3 rings (SSSR count). The molecule has 19 heavy (non-hydrogen) atoms. The summed E-state index contributed by atoms with van der Waals surface area (Å²) < 4.78 is 0. The van der Waals surface area contributed by atoms with Crippen LogP contribution in [0.15, 0.2) is 29.2 Å². The minimum atomic E-state index is 0.157. The lowest BCUT2D eigenvalue weighted by Crippen LogP contribution is -2.39. The zero-order valence-electron chi connectivity index (χ0n) is 11.1. The van der Waals surface area contributed by atoms with Gasteiger partial charge in [-0.05, 0) is 44.0 Å². The van der Waals surface area contributed by atoms with Gasteiger partial charge in [0.1, 0.15) is 0 Å². The Balaban J connectivity index is 1.75. The van der Waals surface area contributed by atoms with E-state index in [4.69, 9.17) is 0 Å². The van der Waals surface area contributed by atoms with Gasteiger partial charge < -0.3 is 4.90 Å². The van der Waals surface area contributed by atoms with Crippen LogP contribution < -0.4 is 0 Å². The Kier molecular flexibility index (Phi) is 3.80. The Morgan fingerprint density at radius 2 is 2.05 bits per heavy atom. The molecule has 0 N–H and O–H groups in total. The van der Waals surface area contributed by atoms with E-state index in [-0.39, 0.29) is 5.91 Å². The number of thiol groups is 1. The van der Waals surface area contributed by atoms with Gasteiger partial charge in [-0.3, -0.25) is 9.69 Å². The van der Waals surface area contributed by atoms with Crippen molar-refractivity contribution in [2.24, 2.45) is 0 Å². The molecule has 2 saturated heterocycles. The maximum absolute atomic E-state index is 12.6. The molecule has 0 aliphatic carbocycles. The fourth-order valence-electron chi connectivity index (χ4n) is 3.21. The first-order valence-electron chi connectivity index (χ1n) is 7.06. The molecule has 2 heterocycles. The second kappa shape index (κ2) is 5.55. The summed E-state index contributed by atoms with van der Waals surface area (Å²) in [5.74, 6) is 0.157. The van der Waals surface area contributed by atoms with E-state index in [0.29, 0.717) is 6.04 Å². The fraction of sp³-hybridized carbons (Fsp3) is 0.533. The van der Waals surface area contributed by atoms with Crippen molar-refractivity contribution in [1.29, 1.82) is 0 Å². The van der Waals surface area contributed by atoms with Crippen LogP contribution in [0.25, 0.3) is 0 Å². The molecule has 0 spiro atoms. The number of carbonyl (C=O) groups is 1. The molecule has 0 bridgehead atoms. The molecule has 0 aromatic heterocycles. The highest BCUT2D eigenvalue weighted by Gasteiger charge is 2.30. The smallest absolute Gasteiger partial charge is 0.253 e. The molecule has 4 heteroatoms. The van der Waals surface area contributed by atoms with Gasteiger partial charge in [0, 0.05) is 36.1 Å². The van der Waals surface area contributed by atoms with Gasteiger partial charge in [-0.2, -0.15) is 0 Å². The van der Waals surface area contributed by atoms with E-state index in [9.17, 15) is 4.79 Å². The number of fused-ring (bicyclic) bond motifs is 1. The molecule has 102 valence electrons. The molecule has 1 unspecified atom stereocenters. The fourth-order valence-corrected chi connectivity index (χ4v) is 3.44. The van der Waals surface area contributed by atoms with E-state index >= 15 is 0 Å². The van der Waals surface area contributed by atoms with Crippen molar-refractivity contribution in [1.82, 2.24) is 9.80 Å². The van der Waals surface area contributed by atoms with Crippen LogP contribution in [0.5, 0.6) is 0 Å². The molecule has 1 atom stereocenters. The van der Waals surface area contributed by atoms with Crippen molar-refractivity contribution in [2.45, 2.75) is 30.2 Å². The van der Waals surface area contributed by atoms with Crippen LogP contribution in [-0.4, -0.2) is 47.9 Å². The van der Waals surface area contributed by atoms with Crippen molar-refractivity contribution >= 4 is 18.5 Å². The van der Waals surface area contributed by atoms with Crippen LogP contribution in [-0.2, 0) is 0 Å². The third kappa shape index (κ3) is 2.79. The zero-order chi connectivity index (χ0) is 13.2. The Bertz CT molecular complexity index is 477. The highest BCUT2D eigenvalue weighted by Crippen LogP contribution is 2.22. The maximum Gasteiger partial charge on any atom is 0.253 e. The van der Waals surface area contributed by atoms with Gasteiger partial charge in [0.25, 0.3) is 5.91 Å². The van der Waals surface area contributed by atoms with Gasteiger partial charge in [-0.1, -0.05) is 6.07 Å². The summed E-state index contributed by atoms with van der Waals surface area (Å²) in [6.07, 6.45) is 3.60. The molecule has 2 aliphatic heterocycles. The van der Waals surface area contributed by atoms with Gasteiger partial charge in [0.2, 0.25) is 0 Å². The number of rotatable bonds is 1. The minimum Gasteiger partial charge on any atom is -0.337 e. The average Bonchev–Trinajstić information content (AvgIpc) is 2.75. The third-order valence-corrected chi connectivity index (χ3v) is 4.46. The molecule has 2 fully saturated rings. The number of carbonyl (C=O) groups excluding carboxylic acids is 1. The standard InChI is InChI=1S/C15H20N2OS/c18-15(12-4-1-6-14(19)10-12)17-9-3-8-16-7-2-5-13(16)11-17/h1,4,6,10,13,19H,2-3,5,7-9,11H2. The Morgan fingerprint density at radius 3 is 2.89 bits per heavy atom. The van der Waals surface area contributed by atoms with E-state index < -0.39 is 0 Å². The summed E-state index contributed by atoms with van der Waals surface area (Å²) in [5.41, 5.74) is 0.763. The summed E-state index contributed by atoms with van der Waals surface area (Å²) in [6.45, 7) is 4.11. The number of hydrogen-bond donors (Lipinski definition) is 1. The second-order valence-electron chi connectivity index (χ2n) is 5.49. The predicted molar refractivity (Wildman–Crippen MR) is 78.8 cm³/mol. The molecule has 3 nitrogen and oxygen atoms in total. The molecule has 1 aromatic carbocycles. The predicted octanol–water partition coefficient (Wildman–Crippen LogP) is 2.29. The van der Waals surface area contributed by atoms with Gasteiger partial charge in [0.15, 0.2) is 0 Å².